The molecule has 0 heterocycles. The molecule has 0 amide bonds. The zero-order valence-corrected chi connectivity index (χ0v) is 8.91. The molecule has 0 bridgehead atoms. The molecule has 2 N–H and O–H groups in total. The van der Waals surface area contributed by atoms with E-state index in [1.807, 2.05) is 32.0 Å². The summed E-state index contributed by atoms with van der Waals surface area (Å²) >= 11 is 0. The zero-order valence-electron chi connectivity index (χ0n) is 8.91. The van der Waals surface area contributed by atoms with E-state index in [1.54, 1.807) is 7.11 Å². The summed E-state index contributed by atoms with van der Waals surface area (Å²) in [6, 6.07) is 5.69. The van der Waals surface area contributed by atoms with E-state index in [1.165, 1.54) is 0 Å². The summed E-state index contributed by atoms with van der Waals surface area (Å²) < 4.78 is 10.5. The molecule has 1 aromatic rings. The third-order valence-corrected chi connectivity index (χ3v) is 1.88. The molecule has 3 nitrogen and oxygen atoms in total. The van der Waals surface area contributed by atoms with E-state index in [2.05, 4.69) is 0 Å². The normalized spacial score (nSPS) is 10.6. The van der Waals surface area contributed by atoms with Crippen LogP contribution < -0.4 is 10.5 Å². The molecule has 0 atom stereocenters. The van der Waals surface area contributed by atoms with Gasteiger partial charge in [-0.1, -0.05) is 6.07 Å². The molecule has 0 radical (unpaired) electrons. The molecule has 0 aliphatic rings. The zero-order chi connectivity index (χ0) is 10.6. The monoisotopic (exact) mass is 195 g/mol. The Morgan fingerprint density at radius 3 is 2.57 bits per heavy atom. The van der Waals surface area contributed by atoms with Crippen molar-refractivity contribution in [2.45, 2.75) is 26.6 Å². The van der Waals surface area contributed by atoms with Crippen molar-refractivity contribution in [1.29, 1.82) is 0 Å². The summed E-state index contributed by atoms with van der Waals surface area (Å²) in [7, 11) is 1.61. The molecule has 0 saturated heterocycles. The van der Waals surface area contributed by atoms with Crippen LogP contribution in [0.3, 0.4) is 0 Å². The highest BCUT2D eigenvalue weighted by molar-refractivity contribution is 5.54. The molecule has 0 aliphatic heterocycles. The second-order valence-corrected chi connectivity index (χ2v) is 3.44. The molecule has 0 saturated carbocycles. The van der Waals surface area contributed by atoms with Gasteiger partial charge in [-0.05, 0) is 31.5 Å². The molecule has 1 rings (SSSR count). The van der Waals surface area contributed by atoms with Gasteiger partial charge in [-0.2, -0.15) is 0 Å². The van der Waals surface area contributed by atoms with Gasteiger partial charge in [0.05, 0.1) is 25.5 Å². The van der Waals surface area contributed by atoms with Crippen LogP contribution in [-0.4, -0.2) is 13.2 Å². The largest absolute Gasteiger partial charge is 0.495 e. The Kier molecular flexibility index (Phi) is 3.77. The van der Waals surface area contributed by atoms with Crippen LogP contribution >= 0.6 is 0 Å². The maximum atomic E-state index is 5.76. The van der Waals surface area contributed by atoms with E-state index in [-0.39, 0.29) is 6.10 Å². The van der Waals surface area contributed by atoms with Crippen LogP contribution in [-0.2, 0) is 11.3 Å². The fourth-order valence-corrected chi connectivity index (χ4v) is 1.14. The molecule has 1 aromatic carbocycles. The predicted octanol–water partition coefficient (Wildman–Crippen LogP) is 2.20. The first-order valence-electron chi connectivity index (χ1n) is 4.67. The average Bonchev–Trinajstić information content (AvgIpc) is 2.15. The summed E-state index contributed by atoms with van der Waals surface area (Å²) in [5, 5.41) is 0. The molecule has 78 valence electrons. The number of hydrogen-bond acceptors (Lipinski definition) is 3. The highest BCUT2D eigenvalue weighted by atomic mass is 16.5. The molecule has 0 unspecified atom stereocenters. The quantitative estimate of drug-likeness (QED) is 0.749. The molecular weight excluding hydrogens is 178 g/mol. The van der Waals surface area contributed by atoms with Crippen molar-refractivity contribution in [3.05, 3.63) is 23.8 Å². The van der Waals surface area contributed by atoms with Gasteiger partial charge in [-0.15, -0.1) is 0 Å². The SMILES string of the molecule is COc1ccc(COC(C)C)cc1N. The van der Waals surface area contributed by atoms with Crippen LogP contribution in [0.5, 0.6) is 5.75 Å². The number of ether oxygens (including phenoxy) is 2. The van der Waals surface area contributed by atoms with Crippen molar-refractivity contribution in [3.63, 3.8) is 0 Å². The van der Waals surface area contributed by atoms with E-state index < -0.39 is 0 Å². The van der Waals surface area contributed by atoms with Crippen molar-refractivity contribution in [1.82, 2.24) is 0 Å². The first-order chi connectivity index (χ1) is 6.63. The lowest BCUT2D eigenvalue weighted by atomic mass is 10.2. The lowest BCUT2D eigenvalue weighted by molar-refractivity contribution is 0.0657. The fourth-order valence-electron chi connectivity index (χ4n) is 1.14. The smallest absolute Gasteiger partial charge is 0.141 e. The highest BCUT2D eigenvalue weighted by Gasteiger charge is 2.01. The van der Waals surface area contributed by atoms with Gasteiger partial charge in [-0.3, -0.25) is 0 Å². The third kappa shape index (κ3) is 2.92. The third-order valence-electron chi connectivity index (χ3n) is 1.88. The molecule has 0 fully saturated rings. The summed E-state index contributed by atoms with van der Waals surface area (Å²) in [5.74, 6) is 0.707. The van der Waals surface area contributed by atoms with Gasteiger partial charge >= 0.3 is 0 Å². The highest BCUT2D eigenvalue weighted by Crippen LogP contribution is 2.22. The second-order valence-electron chi connectivity index (χ2n) is 3.44. The van der Waals surface area contributed by atoms with Gasteiger partial charge in [-0.25, -0.2) is 0 Å². The Hall–Kier alpha value is -1.22. The number of benzene rings is 1. The number of hydrogen-bond donors (Lipinski definition) is 1. The van der Waals surface area contributed by atoms with Crippen molar-refractivity contribution in [2.75, 3.05) is 12.8 Å². The van der Waals surface area contributed by atoms with Crippen LogP contribution in [0.4, 0.5) is 5.69 Å². The van der Waals surface area contributed by atoms with Gasteiger partial charge < -0.3 is 15.2 Å². The van der Waals surface area contributed by atoms with Crippen LogP contribution in [0, 0.1) is 0 Å². The van der Waals surface area contributed by atoms with Crippen molar-refractivity contribution in [2.24, 2.45) is 0 Å². The molecule has 0 aromatic heterocycles. The van der Waals surface area contributed by atoms with Gasteiger partial charge in [0.2, 0.25) is 0 Å². The van der Waals surface area contributed by atoms with E-state index >= 15 is 0 Å². The maximum Gasteiger partial charge on any atom is 0.141 e. The second kappa shape index (κ2) is 4.86. The number of nitrogens with two attached hydrogens (primary N) is 1. The van der Waals surface area contributed by atoms with E-state index in [4.69, 9.17) is 15.2 Å². The van der Waals surface area contributed by atoms with Crippen molar-refractivity contribution >= 4 is 5.69 Å². The minimum absolute atomic E-state index is 0.235. The van der Waals surface area contributed by atoms with Crippen LogP contribution in [0.25, 0.3) is 0 Å². The van der Waals surface area contributed by atoms with Crippen LogP contribution in [0.2, 0.25) is 0 Å². The minimum atomic E-state index is 0.235. The van der Waals surface area contributed by atoms with Gasteiger partial charge in [0.15, 0.2) is 0 Å². The first kappa shape index (κ1) is 10.9. The predicted molar refractivity (Wildman–Crippen MR) is 57.3 cm³/mol. The maximum absolute atomic E-state index is 5.76. The van der Waals surface area contributed by atoms with E-state index in [0.717, 1.165) is 5.56 Å². The van der Waals surface area contributed by atoms with Crippen LogP contribution in [0.1, 0.15) is 19.4 Å². The molecule has 0 aliphatic carbocycles. The topological polar surface area (TPSA) is 44.5 Å². The summed E-state index contributed by atoms with van der Waals surface area (Å²) in [6.07, 6.45) is 0.235. The van der Waals surface area contributed by atoms with E-state index in [9.17, 15) is 0 Å². The standard InChI is InChI=1S/C11H17NO2/c1-8(2)14-7-9-4-5-11(13-3)10(12)6-9/h4-6,8H,7,12H2,1-3H3. The Labute approximate surface area is 84.8 Å². The first-order valence-corrected chi connectivity index (χ1v) is 4.67. The molecule has 3 heteroatoms. The fraction of sp³-hybridized carbons (Fsp3) is 0.455. The van der Waals surface area contributed by atoms with Gasteiger partial charge in [0, 0.05) is 0 Å². The Morgan fingerprint density at radius 1 is 1.36 bits per heavy atom. The van der Waals surface area contributed by atoms with Gasteiger partial charge in [0.1, 0.15) is 5.75 Å². The lowest BCUT2D eigenvalue weighted by Crippen LogP contribution is -2.03. The average molecular weight is 195 g/mol. The Morgan fingerprint density at radius 2 is 2.07 bits per heavy atom. The molecular formula is C11H17NO2. The number of rotatable bonds is 4. The number of methoxy groups -OCH3 is 1. The van der Waals surface area contributed by atoms with E-state index in [0.29, 0.717) is 18.0 Å². The molecule has 0 spiro atoms. The summed E-state index contributed by atoms with van der Waals surface area (Å²) in [5.41, 5.74) is 7.47. The summed E-state index contributed by atoms with van der Waals surface area (Å²) in [4.78, 5) is 0. The van der Waals surface area contributed by atoms with Crippen molar-refractivity contribution in [3.8, 4) is 5.75 Å². The molecule has 14 heavy (non-hydrogen) atoms. The number of anilines is 1. The lowest BCUT2D eigenvalue weighted by Gasteiger charge is -2.09. The van der Waals surface area contributed by atoms with Crippen molar-refractivity contribution < 1.29 is 9.47 Å². The Balaban J connectivity index is 2.66. The van der Waals surface area contributed by atoms with Crippen LogP contribution in [0.15, 0.2) is 18.2 Å². The number of nitrogen functional groups attached to an aromatic ring is 1. The Bertz CT molecular complexity index is 297. The summed E-state index contributed by atoms with van der Waals surface area (Å²) in [6.45, 7) is 4.60. The van der Waals surface area contributed by atoms with Gasteiger partial charge in [0.25, 0.3) is 0 Å². The minimum Gasteiger partial charge on any atom is -0.495 e.